The fourth-order valence-electron chi connectivity index (χ4n) is 1.36. The number of carboxylic acid groups (broad SMARTS) is 1. The Balaban J connectivity index is 2.45. The molecule has 1 rings (SSSR count). The lowest BCUT2D eigenvalue weighted by Crippen LogP contribution is -2.33. The number of imidazole rings is 1. The normalized spacial score (nSPS) is 12.6. The van der Waals surface area contributed by atoms with Crippen molar-refractivity contribution in [1.29, 1.82) is 0 Å². The van der Waals surface area contributed by atoms with Gasteiger partial charge in [-0.3, -0.25) is 4.79 Å². The highest BCUT2D eigenvalue weighted by Gasteiger charge is 2.14. The summed E-state index contributed by atoms with van der Waals surface area (Å²) in [6.45, 7) is 0.914. The zero-order valence-corrected chi connectivity index (χ0v) is 10.3. The van der Waals surface area contributed by atoms with Gasteiger partial charge in [-0.15, -0.1) is 0 Å². The average molecular weight is 259 g/mol. The number of nitrogens with two attached hydrogens (primary N) is 1. The molecule has 0 radical (unpaired) electrons. The van der Waals surface area contributed by atoms with Crippen LogP contribution in [0.3, 0.4) is 0 Å². The van der Waals surface area contributed by atoms with E-state index in [1.54, 1.807) is 24.3 Å². The van der Waals surface area contributed by atoms with Crippen LogP contribution in [0.4, 0.5) is 0 Å². The van der Waals surface area contributed by atoms with Crippen molar-refractivity contribution in [1.82, 2.24) is 9.55 Å². The molecule has 1 aromatic rings. The van der Waals surface area contributed by atoms with Crippen LogP contribution >= 0.6 is 11.8 Å². The number of hydrogen-bond donors (Lipinski definition) is 3. The lowest BCUT2D eigenvalue weighted by Gasteiger charge is -2.10. The van der Waals surface area contributed by atoms with Gasteiger partial charge in [0.25, 0.3) is 0 Å². The second-order valence-electron chi connectivity index (χ2n) is 3.56. The minimum Gasteiger partial charge on any atom is -0.480 e. The van der Waals surface area contributed by atoms with E-state index >= 15 is 0 Å². The Hall–Kier alpha value is -1.05. The Morgan fingerprint density at radius 3 is 3.00 bits per heavy atom. The fourth-order valence-corrected chi connectivity index (χ4v) is 2.02. The molecule has 0 aliphatic heterocycles. The van der Waals surface area contributed by atoms with Crippen LogP contribution < -0.4 is 5.73 Å². The molecule has 4 N–H and O–H groups in total. The first-order chi connectivity index (χ1) is 8.15. The molecular weight excluding hydrogens is 242 g/mol. The highest BCUT2D eigenvalue weighted by Crippen LogP contribution is 2.06. The zero-order valence-electron chi connectivity index (χ0n) is 9.45. The van der Waals surface area contributed by atoms with Gasteiger partial charge in [0.05, 0.1) is 12.9 Å². The summed E-state index contributed by atoms with van der Waals surface area (Å²) in [5.74, 6) is 0.553. The molecule has 0 bridgehead atoms. The van der Waals surface area contributed by atoms with Gasteiger partial charge in [0, 0.05) is 36.4 Å². The third-order valence-electron chi connectivity index (χ3n) is 2.26. The van der Waals surface area contributed by atoms with Crippen molar-refractivity contribution in [3.05, 3.63) is 18.2 Å². The first kappa shape index (κ1) is 14.0. The van der Waals surface area contributed by atoms with Gasteiger partial charge < -0.3 is 20.5 Å². The molecular formula is C10H17N3O3S. The van der Waals surface area contributed by atoms with Crippen LogP contribution in [-0.2, 0) is 17.8 Å². The van der Waals surface area contributed by atoms with Crippen molar-refractivity contribution in [2.24, 2.45) is 5.73 Å². The zero-order chi connectivity index (χ0) is 12.7. The van der Waals surface area contributed by atoms with Gasteiger partial charge in [-0.25, -0.2) is 4.98 Å². The fraction of sp³-hybridized carbons (Fsp3) is 0.600. The number of aliphatic hydroxyl groups excluding tert-OH is 1. The van der Waals surface area contributed by atoms with Gasteiger partial charge in [0.15, 0.2) is 0 Å². The van der Waals surface area contributed by atoms with Crippen molar-refractivity contribution in [2.45, 2.75) is 19.0 Å². The SMILES string of the molecule is N[C@@H](Cc1cncn1CCSCCO)C(=O)O. The predicted molar refractivity (Wildman–Crippen MR) is 66.0 cm³/mol. The molecule has 0 aliphatic rings. The van der Waals surface area contributed by atoms with E-state index in [4.69, 9.17) is 15.9 Å². The minimum absolute atomic E-state index is 0.172. The van der Waals surface area contributed by atoms with E-state index in [2.05, 4.69) is 4.98 Å². The predicted octanol–water partition coefficient (Wildman–Crippen LogP) is -0.437. The van der Waals surface area contributed by atoms with Crippen molar-refractivity contribution in [3.63, 3.8) is 0 Å². The molecule has 96 valence electrons. The van der Waals surface area contributed by atoms with Crippen molar-refractivity contribution in [2.75, 3.05) is 18.1 Å². The molecule has 0 fully saturated rings. The summed E-state index contributed by atoms with van der Waals surface area (Å²) in [4.78, 5) is 14.6. The molecule has 1 atom stereocenters. The highest BCUT2D eigenvalue weighted by molar-refractivity contribution is 7.99. The van der Waals surface area contributed by atoms with Gasteiger partial charge in [-0.05, 0) is 0 Å². The first-order valence-corrected chi connectivity index (χ1v) is 6.46. The van der Waals surface area contributed by atoms with Crippen LogP contribution in [0.15, 0.2) is 12.5 Å². The lowest BCUT2D eigenvalue weighted by molar-refractivity contribution is -0.138. The van der Waals surface area contributed by atoms with E-state index in [0.717, 1.165) is 18.0 Å². The van der Waals surface area contributed by atoms with E-state index in [1.807, 2.05) is 4.57 Å². The molecule has 0 saturated carbocycles. The molecule has 0 aliphatic carbocycles. The summed E-state index contributed by atoms with van der Waals surface area (Å²) < 4.78 is 1.90. The third kappa shape index (κ3) is 4.76. The molecule has 1 aromatic heterocycles. The molecule has 0 spiro atoms. The van der Waals surface area contributed by atoms with E-state index in [9.17, 15) is 4.79 Å². The van der Waals surface area contributed by atoms with E-state index in [-0.39, 0.29) is 13.0 Å². The van der Waals surface area contributed by atoms with Crippen molar-refractivity contribution in [3.8, 4) is 0 Å². The van der Waals surface area contributed by atoms with Gasteiger partial charge >= 0.3 is 5.97 Å². The summed E-state index contributed by atoms with van der Waals surface area (Å²) in [6, 6.07) is -0.893. The highest BCUT2D eigenvalue weighted by atomic mass is 32.2. The molecule has 0 saturated heterocycles. The number of carboxylic acids is 1. The number of carbonyl (C=O) groups is 1. The summed E-state index contributed by atoms with van der Waals surface area (Å²) in [7, 11) is 0. The van der Waals surface area contributed by atoms with E-state index in [0.29, 0.717) is 5.75 Å². The van der Waals surface area contributed by atoms with Crippen LogP contribution in [0.2, 0.25) is 0 Å². The number of aryl methyl sites for hydroxylation is 1. The average Bonchev–Trinajstić information content (AvgIpc) is 2.72. The Morgan fingerprint density at radius 1 is 1.59 bits per heavy atom. The van der Waals surface area contributed by atoms with Crippen LogP contribution in [-0.4, -0.2) is 49.9 Å². The number of aliphatic carboxylic acids is 1. The molecule has 0 aromatic carbocycles. The summed E-state index contributed by atoms with van der Waals surface area (Å²) in [6.07, 6.45) is 3.59. The Bertz CT molecular complexity index is 356. The molecule has 7 heteroatoms. The maximum Gasteiger partial charge on any atom is 0.320 e. The standard InChI is InChI=1S/C10H17N3O3S/c11-9(10(15)16)5-8-6-12-7-13(8)1-3-17-4-2-14/h6-7,9,14H,1-5,11H2,(H,15,16)/t9-/m0/s1. The van der Waals surface area contributed by atoms with Gasteiger partial charge in [-0.2, -0.15) is 11.8 Å². The first-order valence-electron chi connectivity index (χ1n) is 5.31. The Kier molecular flexibility index (Phi) is 6.03. The number of hydrogen-bond acceptors (Lipinski definition) is 5. The second kappa shape index (κ2) is 7.31. The Labute approximate surface area is 104 Å². The molecule has 0 amide bonds. The topological polar surface area (TPSA) is 101 Å². The molecule has 17 heavy (non-hydrogen) atoms. The van der Waals surface area contributed by atoms with Crippen LogP contribution in [0.5, 0.6) is 0 Å². The quantitative estimate of drug-likeness (QED) is 0.547. The van der Waals surface area contributed by atoms with E-state index in [1.165, 1.54) is 0 Å². The third-order valence-corrected chi connectivity index (χ3v) is 3.20. The van der Waals surface area contributed by atoms with Gasteiger partial charge in [0.2, 0.25) is 0 Å². The van der Waals surface area contributed by atoms with Crippen LogP contribution in [0, 0.1) is 0 Å². The monoisotopic (exact) mass is 259 g/mol. The molecule has 1 heterocycles. The summed E-state index contributed by atoms with van der Waals surface area (Å²) >= 11 is 1.64. The lowest BCUT2D eigenvalue weighted by atomic mass is 10.2. The molecule has 0 unspecified atom stereocenters. The number of nitrogens with zero attached hydrogens (tertiary/aromatic N) is 2. The van der Waals surface area contributed by atoms with E-state index < -0.39 is 12.0 Å². The van der Waals surface area contributed by atoms with Crippen LogP contribution in [0.25, 0.3) is 0 Å². The van der Waals surface area contributed by atoms with Gasteiger partial charge in [0.1, 0.15) is 6.04 Å². The number of thioether (sulfide) groups is 1. The number of aromatic nitrogens is 2. The Morgan fingerprint density at radius 2 is 2.35 bits per heavy atom. The summed E-state index contributed by atoms with van der Waals surface area (Å²) in [5, 5.41) is 17.4. The van der Waals surface area contributed by atoms with Crippen LogP contribution in [0.1, 0.15) is 5.69 Å². The maximum atomic E-state index is 10.6. The maximum absolute atomic E-state index is 10.6. The molecule has 6 nitrogen and oxygen atoms in total. The number of aliphatic hydroxyl groups is 1. The van der Waals surface area contributed by atoms with Crippen molar-refractivity contribution < 1.29 is 15.0 Å². The smallest absolute Gasteiger partial charge is 0.320 e. The largest absolute Gasteiger partial charge is 0.480 e. The number of rotatable bonds is 8. The van der Waals surface area contributed by atoms with Crippen molar-refractivity contribution >= 4 is 17.7 Å². The minimum atomic E-state index is -1.01. The van der Waals surface area contributed by atoms with Gasteiger partial charge in [-0.1, -0.05) is 0 Å². The second-order valence-corrected chi connectivity index (χ2v) is 4.79. The summed E-state index contributed by atoms with van der Waals surface area (Å²) in [5.41, 5.74) is 6.30.